The first-order valence-electron chi connectivity index (χ1n) is 6.72. The zero-order chi connectivity index (χ0) is 15.5. The molecule has 2 rings (SSSR count). The summed E-state index contributed by atoms with van der Waals surface area (Å²) in [4.78, 5) is 1.85. The lowest BCUT2D eigenvalue weighted by molar-refractivity contribution is -0.137. The zero-order valence-corrected chi connectivity index (χ0v) is 12.9. The second kappa shape index (κ2) is 7.99. The SMILES string of the molecule is COc1cc([C@@H](CF)N2CCNCC2)cc(C(F)(F)F)c1.Cl. The zero-order valence-electron chi connectivity index (χ0n) is 12.1. The second-order valence-corrected chi connectivity index (χ2v) is 4.95. The molecule has 0 bridgehead atoms. The smallest absolute Gasteiger partial charge is 0.416 e. The molecule has 0 unspecified atom stereocenters. The molecule has 1 aromatic rings. The van der Waals surface area contributed by atoms with Crippen LogP contribution in [0.25, 0.3) is 0 Å². The fourth-order valence-electron chi connectivity index (χ4n) is 2.49. The van der Waals surface area contributed by atoms with E-state index in [9.17, 15) is 17.6 Å². The largest absolute Gasteiger partial charge is 0.497 e. The molecule has 0 aromatic heterocycles. The standard InChI is InChI=1S/C14H18F4N2O.ClH/c1-21-12-7-10(6-11(8-12)14(16,17)18)13(9-15)20-4-2-19-3-5-20;/h6-8,13,19H,2-5,9H2,1H3;1H/t13-;/m1./s1. The monoisotopic (exact) mass is 342 g/mol. The molecule has 1 N–H and O–H groups in total. The Morgan fingerprint density at radius 2 is 1.86 bits per heavy atom. The van der Waals surface area contributed by atoms with Crippen LogP contribution >= 0.6 is 12.4 Å². The first-order chi connectivity index (χ1) is 9.95. The molecule has 1 aliphatic rings. The van der Waals surface area contributed by atoms with Crippen molar-refractivity contribution in [1.82, 2.24) is 10.2 Å². The van der Waals surface area contributed by atoms with Crippen LogP contribution in [-0.2, 0) is 6.18 Å². The number of hydrogen-bond acceptors (Lipinski definition) is 3. The van der Waals surface area contributed by atoms with E-state index >= 15 is 0 Å². The first-order valence-corrected chi connectivity index (χ1v) is 6.72. The van der Waals surface area contributed by atoms with E-state index in [0.717, 1.165) is 12.1 Å². The van der Waals surface area contributed by atoms with Crippen molar-refractivity contribution in [2.75, 3.05) is 40.0 Å². The molecule has 0 spiro atoms. The van der Waals surface area contributed by atoms with Gasteiger partial charge in [0.2, 0.25) is 0 Å². The lowest BCUT2D eigenvalue weighted by Crippen LogP contribution is -2.45. The molecule has 0 radical (unpaired) electrons. The van der Waals surface area contributed by atoms with E-state index in [-0.39, 0.29) is 18.2 Å². The van der Waals surface area contributed by atoms with Crippen LogP contribution in [0.2, 0.25) is 0 Å². The third-order valence-electron chi connectivity index (χ3n) is 3.62. The Kier molecular flexibility index (Phi) is 6.90. The van der Waals surface area contributed by atoms with Crippen LogP contribution in [0, 0.1) is 0 Å². The lowest BCUT2D eigenvalue weighted by Gasteiger charge is -2.34. The van der Waals surface area contributed by atoms with Crippen LogP contribution in [0.5, 0.6) is 5.75 Å². The average Bonchev–Trinajstić information content (AvgIpc) is 2.48. The molecular formula is C14H19ClF4N2O. The summed E-state index contributed by atoms with van der Waals surface area (Å²) in [7, 11) is 1.30. The molecule has 1 saturated heterocycles. The highest BCUT2D eigenvalue weighted by Crippen LogP contribution is 2.35. The summed E-state index contributed by atoms with van der Waals surface area (Å²) >= 11 is 0. The number of alkyl halides is 4. The first kappa shape index (κ1) is 19.0. The van der Waals surface area contributed by atoms with E-state index in [1.807, 2.05) is 4.90 Å². The Labute approximate surface area is 133 Å². The molecule has 0 amide bonds. The summed E-state index contributed by atoms with van der Waals surface area (Å²) in [5, 5.41) is 3.13. The molecule has 126 valence electrons. The van der Waals surface area contributed by atoms with Crippen molar-refractivity contribution < 1.29 is 22.3 Å². The minimum Gasteiger partial charge on any atom is -0.497 e. The number of hydrogen-bond donors (Lipinski definition) is 1. The van der Waals surface area contributed by atoms with E-state index in [0.29, 0.717) is 31.7 Å². The van der Waals surface area contributed by atoms with E-state index in [1.54, 1.807) is 0 Å². The maximum absolute atomic E-state index is 13.4. The third kappa shape index (κ3) is 4.47. The van der Waals surface area contributed by atoms with Crippen molar-refractivity contribution in [1.29, 1.82) is 0 Å². The number of benzene rings is 1. The Bertz CT molecular complexity index is 478. The number of rotatable bonds is 4. The van der Waals surface area contributed by atoms with Crippen molar-refractivity contribution >= 4 is 12.4 Å². The van der Waals surface area contributed by atoms with Gasteiger partial charge in [-0.05, 0) is 23.8 Å². The van der Waals surface area contributed by atoms with Crippen molar-refractivity contribution in [3.63, 3.8) is 0 Å². The van der Waals surface area contributed by atoms with Crippen molar-refractivity contribution in [2.24, 2.45) is 0 Å². The Balaban J connectivity index is 0.00000242. The van der Waals surface area contributed by atoms with Gasteiger partial charge in [0.05, 0.1) is 18.7 Å². The van der Waals surface area contributed by atoms with E-state index in [4.69, 9.17) is 4.74 Å². The fraction of sp³-hybridized carbons (Fsp3) is 0.571. The number of ether oxygens (including phenoxy) is 1. The molecule has 0 aliphatic carbocycles. The van der Waals surface area contributed by atoms with Crippen LogP contribution in [0.1, 0.15) is 17.2 Å². The summed E-state index contributed by atoms with van der Waals surface area (Å²) in [5.41, 5.74) is -0.517. The molecule has 1 heterocycles. The Hall–Kier alpha value is -1.05. The number of halogens is 5. The van der Waals surface area contributed by atoms with Gasteiger partial charge in [0.25, 0.3) is 0 Å². The number of nitrogens with one attached hydrogen (secondary N) is 1. The van der Waals surface area contributed by atoms with Gasteiger partial charge in [0, 0.05) is 26.2 Å². The summed E-state index contributed by atoms with van der Waals surface area (Å²) in [6.07, 6.45) is -4.48. The molecule has 1 fully saturated rings. The summed E-state index contributed by atoms with van der Waals surface area (Å²) in [5.74, 6) is 0.0911. The third-order valence-corrected chi connectivity index (χ3v) is 3.62. The van der Waals surface area contributed by atoms with Gasteiger partial charge in [-0.2, -0.15) is 13.2 Å². The van der Waals surface area contributed by atoms with Gasteiger partial charge in [0.1, 0.15) is 12.4 Å². The van der Waals surface area contributed by atoms with Crippen LogP contribution in [0.15, 0.2) is 18.2 Å². The maximum atomic E-state index is 13.4. The normalized spacial score (nSPS) is 17.7. The van der Waals surface area contributed by atoms with Crippen molar-refractivity contribution in [3.05, 3.63) is 29.3 Å². The van der Waals surface area contributed by atoms with Gasteiger partial charge in [-0.15, -0.1) is 12.4 Å². The summed E-state index contributed by atoms with van der Waals surface area (Å²) < 4.78 is 57.1. The quantitative estimate of drug-likeness (QED) is 0.851. The Morgan fingerprint density at radius 3 is 2.36 bits per heavy atom. The number of methoxy groups -OCH3 is 1. The molecule has 1 aliphatic heterocycles. The van der Waals surface area contributed by atoms with Gasteiger partial charge in [-0.1, -0.05) is 0 Å². The number of piperazine rings is 1. The maximum Gasteiger partial charge on any atom is 0.416 e. The van der Waals surface area contributed by atoms with Gasteiger partial charge >= 0.3 is 6.18 Å². The molecule has 3 nitrogen and oxygen atoms in total. The topological polar surface area (TPSA) is 24.5 Å². The predicted molar refractivity (Wildman–Crippen MR) is 78.4 cm³/mol. The second-order valence-electron chi connectivity index (χ2n) is 4.95. The number of nitrogens with zero attached hydrogens (tertiary/aromatic N) is 1. The van der Waals surface area contributed by atoms with Crippen LogP contribution in [0.4, 0.5) is 17.6 Å². The predicted octanol–water partition coefficient (Wildman–Crippen LogP) is 3.05. The molecule has 1 aromatic carbocycles. The lowest BCUT2D eigenvalue weighted by atomic mass is 10.0. The van der Waals surface area contributed by atoms with Gasteiger partial charge in [0.15, 0.2) is 0 Å². The highest BCUT2D eigenvalue weighted by Gasteiger charge is 2.33. The van der Waals surface area contributed by atoms with E-state index < -0.39 is 24.5 Å². The van der Waals surface area contributed by atoms with Crippen LogP contribution in [0.3, 0.4) is 0 Å². The molecular weight excluding hydrogens is 324 g/mol. The molecule has 1 atom stereocenters. The highest BCUT2D eigenvalue weighted by atomic mass is 35.5. The van der Waals surface area contributed by atoms with Gasteiger partial charge < -0.3 is 10.1 Å². The summed E-state index contributed by atoms with van der Waals surface area (Å²) in [6.45, 7) is 1.88. The minimum atomic E-state index is -4.48. The van der Waals surface area contributed by atoms with Crippen LogP contribution in [-0.4, -0.2) is 44.9 Å². The minimum absolute atomic E-state index is 0. The fourth-order valence-corrected chi connectivity index (χ4v) is 2.49. The van der Waals surface area contributed by atoms with Gasteiger partial charge in [-0.25, -0.2) is 4.39 Å². The summed E-state index contributed by atoms with van der Waals surface area (Å²) in [6, 6.07) is 2.73. The Morgan fingerprint density at radius 1 is 1.23 bits per heavy atom. The molecule has 0 saturated carbocycles. The van der Waals surface area contributed by atoms with Crippen molar-refractivity contribution in [2.45, 2.75) is 12.2 Å². The molecule has 8 heteroatoms. The van der Waals surface area contributed by atoms with Crippen LogP contribution < -0.4 is 10.1 Å². The van der Waals surface area contributed by atoms with Crippen molar-refractivity contribution in [3.8, 4) is 5.75 Å². The van der Waals surface area contributed by atoms with Gasteiger partial charge in [-0.3, -0.25) is 4.90 Å². The average molecular weight is 343 g/mol. The van der Waals surface area contributed by atoms with E-state index in [1.165, 1.54) is 13.2 Å². The van der Waals surface area contributed by atoms with E-state index in [2.05, 4.69) is 5.32 Å². The highest BCUT2D eigenvalue weighted by molar-refractivity contribution is 5.85. The molecule has 22 heavy (non-hydrogen) atoms.